The Hall–Kier alpha value is -2.11. The standard InChI is InChI=1S/C29H40FN3O/c1-29(2,3)23-6-4-21(5-7-23)20-33-25-9-10-26(33)17-22(16-25)19-31-24-8-11-28(27(30)18-24)32-12-14-34-15-13-32/h4-8,11,18,22,25-26,31H,9-10,12-17,19-20H2,1-3H3. The van der Waals surface area contributed by atoms with Crippen LogP contribution in [0.5, 0.6) is 0 Å². The summed E-state index contributed by atoms with van der Waals surface area (Å²) >= 11 is 0. The molecule has 0 saturated carbocycles. The number of benzene rings is 2. The second-order valence-electron chi connectivity index (χ2n) is 11.5. The van der Waals surface area contributed by atoms with Crippen molar-refractivity contribution in [1.29, 1.82) is 0 Å². The second kappa shape index (κ2) is 9.87. The zero-order chi connectivity index (χ0) is 23.7. The first-order valence-electron chi connectivity index (χ1n) is 13.1. The Balaban J connectivity index is 1.14. The lowest BCUT2D eigenvalue weighted by Crippen LogP contribution is -2.43. The number of fused-ring (bicyclic) bond motifs is 2. The number of hydrogen-bond donors (Lipinski definition) is 1. The highest BCUT2D eigenvalue weighted by molar-refractivity contribution is 5.56. The summed E-state index contributed by atoms with van der Waals surface area (Å²) in [5.41, 5.74) is 4.61. The molecule has 3 saturated heterocycles. The fraction of sp³-hybridized carbons (Fsp3) is 0.586. The van der Waals surface area contributed by atoms with Crippen LogP contribution in [0.1, 0.15) is 57.6 Å². The molecular weight excluding hydrogens is 425 g/mol. The molecule has 0 amide bonds. The lowest BCUT2D eigenvalue weighted by Gasteiger charge is -2.39. The van der Waals surface area contributed by atoms with Gasteiger partial charge in [-0.2, -0.15) is 0 Å². The zero-order valence-corrected chi connectivity index (χ0v) is 21.0. The Labute approximate surface area is 204 Å². The van der Waals surface area contributed by atoms with Crippen LogP contribution in [0.25, 0.3) is 0 Å². The molecule has 5 rings (SSSR count). The van der Waals surface area contributed by atoms with Crippen molar-refractivity contribution in [3.8, 4) is 0 Å². The van der Waals surface area contributed by atoms with Crippen LogP contribution in [0, 0.1) is 11.7 Å². The summed E-state index contributed by atoms with van der Waals surface area (Å²) in [7, 11) is 0. The van der Waals surface area contributed by atoms with E-state index in [9.17, 15) is 4.39 Å². The van der Waals surface area contributed by atoms with Crippen molar-refractivity contribution in [1.82, 2.24) is 4.90 Å². The number of halogens is 1. The molecule has 0 aromatic heterocycles. The predicted octanol–water partition coefficient (Wildman–Crippen LogP) is 5.81. The van der Waals surface area contributed by atoms with Gasteiger partial charge in [-0.05, 0) is 66.3 Å². The minimum atomic E-state index is -0.140. The highest BCUT2D eigenvalue weighted by Gasteiger charge is 2.40. The molecule has 2 unspecified atom stereocenters. The van der Waals surface area contributed by atoms with Crippen molar-refractivity contribution >= 4 is 11.4 Å². The molecule has 0 aliphatic carbocycles. The number of ether oxygens (including phenoxy) is 1. The van der Waals surface area contributed by atoms with Gasteiger partial charge < -0.3 is 15.0 Å². The smallest absolute Gasteiger partial charge is 0.148 e. The summed E-state index contributed by atoms with van der Waals surface area (Å²) in [4.78, 5) is 4.83. The molecule has 3 aliphatic rings. The van der Waals surface area contributed by atoms with Crippen LogP contribution < -0.4 is 10.2 Å². The van der Waals surface area contributed by atoms with E-state index in [4.69, 9.17) is 4.74 Å². The van der Waals surface area contributed by atoms with E-state index in [2.05, 4.69) is 60.2 Å². The summed E-state index contributed by atoms with van der Waals surface area (Å²) in [6.45, 7) is 11.7. The van der Waals surface area contributed by atoms with Crippen LogP contribution in [0.4, 0.5) is 15.8 Å². The van der Waals surface area contributed by atoms with E-state index in [0.29, 0.717) is 36.9 Å². The lowest BCUT2D eigenvalue weighted by molar-refractivity contribution is 0.100. The molecule has 1 N–H and O–H groups in total. The molecule has 4 nitrogen and oxygen atoms in total. The SMILES string of the molecule is CC(C)(C)c1ccc(CN2C3CCC2CC(CNc2ccc(N4CCOCC4)c(F)c2)C3)cc1. The number of nitrogens with one attached hydrogen (secondary N) is 1. The van der Waals surface area contributed by atoms with Gasteiger partial charge in [0.1, 0.15) is 5.82 Å². The molecule has 3 aliphatic heterocycles. The molecule has 2 aromatic carbocycles. The second-order valence-corrected chi connectivity index (χ2v) is 11.5. The van der Waals surface area contributed by atoms with Crippen molar-refractivity contribution in [2.45, 2.75) is 70.5 Å². The molecule has 2 atom stereocenters. The van der Waals surface area contributed by atoms with Crippen LogP contribution >= 0.6 is 0 Å². The molecular formula is C29H40FN3O. The molecule has 0 radical (unpaired) electrons. The van der Waals surface area contributed by atoms with E-state index in [1.807, 2.05) is 12.1 Å². The van der Waals surface area contributed by atoms with Gasteiger partial charge in [-0.15, -0.1) is 0 Å². The first kappa shape index (κ1) is 23.6. The zero-order valence-electron chi connectivity index (χ0n) is 21.0. The number of morpholine rings is 1. The summed E-state index contributed by atoms with van der Waals surface area (Å²) in [5.74, 6) is 0.512. The first-order valence-corrected chi connectivity index (χ1v) is 13.1. The summed E-state index contributed by atoms with van der Waals surface area (Å²) in [6, 6.07) is 16.2. The van der Waals surface area contributed by atoms with E-state index in [1.54, 1.807) is 6.07 Å². The van der Waals surface area contributed by atoms with Crippen molar-refractivity contribution in [3.63, 3.8) is 0 Å². The summed E-state index contributed by atoms with van der Waals surface area (Å²) < 4.78 is 20.1. The predicted molar refractivity (Wildman–Crippen MR) is 138 cm³/mol. The fourth-order valence-corrected chi connectivity index (χ4v) is 6.07. The van der Waals surface area contributed by atoms with Crippen molar-refractivity contribution in [2.24, 2.45) is 5.92 Å². The average Bonchev–Trinajstić information content (AvgIpc) is 3.05. The minimum Gasteiger partial charge on any atom is -0.385 e. The third-order valence-electron chi connectivity index (χ3n) is 8.06. The highest BCUT2D eigenvalue weighted by atomic mass is 19.1. The Morgan fingerprint density at radius 1 is 0.971 bits per heavy atom. The van der Waals surface area contributed by atoms with Crippen LogP contribution in [0.2, 0.25) is 0 Å². The van der Waals surface area contributed by atoms with Gasteiger partial charge in [-0.25, -0.2) is 4.39 Å². The van der Waals surface area contributed by atoms with Gasteiger partial charge >= 0.3 is 0 Å². The maximum absolute atomic E-state index is 14.8. The fourth-order valence-electron chi connectivity index (χ4n) is 6.07. The molecule has 0 spiro atoms. The third kappa shape index (κ3) is 5.26. The van der Waals surface area contributed by atoms with Crippen molar-refractivity contribution < 1.29 is 9.13 Å². The molecule has 184 valence electrons. The molecule has 2 bridgehead atoms. The maximum Gasteiger partial charge on any atom is 0.148 e. The largest absolute Gasteiger partial charge is 0.385 e. The number of nitrogens with zero attached hydrogens (tertiary/aromatic N) is 2. The normalized spacial score (nSPS) is 25.5. The van der Waals surface area contributed by atoms with E-state index >= 15 is 0 Å². The van der Waals surface area contributed by atoms with E-state index in [1.165, 1.54) is 36.8 Å². The van der Waals surface area contributed by atoms with Gasteiger partial charge in [0.25, 0.3) is 0 Å². The average molecular weight is 466 g/mol. The minimum absolute atomic E-state index is 0.140. The molecule has 3 fully saturated rings. The Morgan fingerprint density at radius 2 is 1.65 bits per heavy atom. The van der Waals surface area contributed by atoms with E-state index < -0.39 is 0 Å². The highest BCUT2D eigenvalue weighted by Crippen LogP contribution is 2.40. The van der Waals surface area contributed by atoms with Crippen LogP contribution in [-0.4, -0.2) is 49.8 Å². The van der Waals surface area contributed by atoms with Crippen LogP contribution in [-0.2, 0) is 16.7 Å². The maximum atomic E-state index is 14.8. The molecule has 34 heavy (non-hydrogen) atoms. The summed E-state index contributed by atoms with van der Waals surface area (Å²) in [6.07, 6.45) is 5.09. The number of rotatable bonds is 6. The van der Waals surface area contributed by atoms with Crippen molar-refractivity contribution in [3.05, 3.63) is 59.4 Å². The monoisotopic (exact) mass is 465 g/mol. The van der Waals surface area contributed by atoms with Gasteiger partial charge in [0.2, 0.25) is 0 Å². The first-order chi connectivity index (χ1) is 16.4. The van der Waals surface area contributed by atoms with Crippen LogP contribution in [0.3, 0.4) is 0 Å². The van der Waals surface area contributed by atoms with Gasteiger partial charge in [-0.1, -0.05) is 45.0 Å². The van der Waals surface area contributed by atoms with Crippen molar-refractivity contribution in [2.75, 3.05) is 43.1 Å². The van der Waals surface area contributed by atoms with E-state index in [-0.39, 0.29) is 11.2 Å². The van der Waals surface area contributed by atoms with Crippen LogP contribution in [0.15, 0.2) is 42.5 Å². The van der Waals surface area contributed by atoms with Gasteiger partial charge in [0, 0.05) is 44.0 Å². The Bertz CT molecular complexity index is 950. The number of anilines is 2. The molecule has 2 aromatic rings. The summed E-state index contributed by atoms with van der Waals surface area (Å²) in [5, 5.41) is 3.54. The van der Waals surface area contributed by atoms with Gasteiger partial charge in [0.05, 0.1) is 18.9 Å². The Morgan fingerprint density at radius 3 is 2.26 bits per heavy atom. The van der Waals surface area contributed by atoms with Gasteiger partial charge in [-0.3, -0.25) is 4.90 Å². The lowest BCUT2D eigenvalue weighted by atomic mass is 9.86. The number of hydrogen-bond acceptors (Lipinski definition) is 4. The topological polar surface area (TPSA) is 27.7 Å². The molecule has 5 heteroatoms. The number of piperidine rings is 1. The van der Waals surface area contributed by atoms with Gasteiger partial charge in [0.15, 0.2) is 0 Å². The molecule has 3 heterocycles. The quantitative estimate of drug-likeness (QED) is 0.582. The Kier molecular flexibility index (Phi) is 6.85. The third-order valence-corrected chi connectivity index (χ3v) is 8.06. The van der Waals surface area contributed by atoms with E-state index in [0.717, 1.165) is 31.9 Å².